The van der Waals surface area contributed by atoms with Gasteiger partial charge in [-0.15, -0.1) is 0 Å². The molecule has 6 heteroatoms. The summed E-state index contributed by atoms with van der Waals surface area (Å²) >= 11 is 3.06. The molecule has 1 saturated heterocycles. The number of rotatable bonds is 1. The number of benzene rings is 1. The van der Waals surface area contributed by atoms with E-state index in [1.165, 1.54) is 4.90 Å². The summed E-state index contributed by atoms with van der Waals surface area (Å²) in [7, 11) is 0. The van der Waals surface area contributed by atoms with Crippen molar-refractivity contribution in [3.8, 4) is 0 Å². The van der Waals surface area contributed by atoms with Crippen LogP contribution in [0.25, 0.3) is 0 Å². The maximum atomic E-state index is 13.1. The lowest BCUT2D eigenvalue weighted by Gasteiger charge is -2.29. The van der Waals surface area contributed by atoms with Gasteiger partial charge in [0.15, 0.2) is 11.6 Å². The highest BCUT2D eigenvalue weighted by Gasteiger charge is 2.24. The van der Waals surface area contributed by atoms with Gasteiger partial charge in [0.25, 0.3) is 5.91 Å². The first-order chi connectivity index (χ1) is 8.49. The molecule has 0 bridgehead atoms. The molecule has 0 unspecified atom stereocenters. The Hall–Kier alpha value is -1.01. The first-order valence-corrected chi connectivity index (χ1v) is 6.40. The topological polar surface area (TPSA) is 40.5 Å². The fourth-order valence-electron chi connectivity index (χ4n) is 1.93. The van der Waals surface area contributed by atoms with Crippen LogP contribution in [-0.4, -0.2) is 35.1 Å². The van der Waals surface area contributed by atoms with E-state index in [-0.39, 0.29) is 22.0 Å². The number of amides is 1. The van der Waals surface area contributed by atoms with E-state index in [0.29, 0.717) is 25.9 Å². The van der Waals surface area contributed by atoms with Crippen LogP contribution in [0.5, 0.6) is 0 Å². The first kappa shape index (κ1) is 13.4. The lowest BCUT2D eigenvalue weighted by atomic mass is 10.1. The molecule has 0 saturated carbocycles. The Morgan fingerprint density at radius 3 is 2.44 bits per heavy atom. The van der Waals surface area contributed by atoms with Crippen LogP contribution in [0, 0.1) is 11.6 Å². The second-order valence-electron chi connectivity index (χ2n) is 4.27. The number of hydrogen-bond donors (Lipinski definition) is 1. The molecule has 0 aliphatic carbocycles. The molecule has 1 N–H and O–H groups in total. The van der Waals surface area contributed by atoms with Crippen molar-refractivity contribution >= 4 is 21.8 Å². The van der Waals surface area contributed by atoms with Crippen molar-refractivity contribution in [2.75, 3.05) is 13.1 Å². The fraction of sp³-hybridized carbons (Fsp3) is 0.417. The second kappa shape index (κ2) is 5.32. The zero-order valence-electron chi connectivity index (χ0n) is 9.50. The standard InChI is InChI=1S/C12H12BrF2NO2/c13-9-6-11(15)10(14)5-8(9)12(18)16-3-1-7(17)2-4-16/h5-7,17H,1-4H2. The fourth-order valence-corrected chi connectivity index (χ4v) is 2.41. The van der Waals surface area contributed by atoms with Gasteiger partial charge in [0, 0.05) is 17.6 Å². The summed E-state index contributed by atoms with van der Waals surface area (Å²) in [5.41, 5.74) is 0.102. The SMILES string of the molecule is O=C(c1cc(F)c(F)cc1Br)N1CCC(O)CC1. The summed E-state index contributed by atoms with van der Waals surface area (Å²) in [5, 5.41) is 9.36. The molecule has 1 aliphatic heterocycles. The predicted octanol–water partition coefficient (Wildman–Crippen LogP) is 2.32. The molecule has 0 aromatic heterocycles. The van der Waals surface area contributed by atoms with Crippen LogP contribution in [0.2, 0.25) is 0 Å². The lowest BCUT2D eigenvalue weighted by Crippen LogP contribution is -2.40. The summed E-state index contributed by atoms with van der Waals surface area (Å²) in [4.78, 5) is 13.6. The summed E-state index contributed by atoms with van der Waals surface area (Å²) in [6.07, 6.45) is 0.627. The summed E-state index contributed by atoms with van der Waals surface area (Å²) < 4.78 is 26.3. The first-order valence-electron chi connectivity index (χ1n) is 5.61. The molecule has 1 aliphatic rings. The quantitative estimate of drug-likeness (QED) is 0.807. The van der Waals surface area contributed by atoms with Gasteiger partial charge < -0.3 is 10.0 Å². The number of hydrogen-bond acceptors (Lipinski definition) is 2. The molecule has 0 spiro atoms. The number of nitrogens with zero attached hydrogens (tertiary/aromatic N) is 1. The molecule has 2 rings (SSSR count). The number of halogens is 3. The maximum Gasteiger partial charge on any atom is 0.255 e. The van der Waals surface area contributed by atoms with Crippen LogP contribution >= 0.6 is 15.9 Å². The summed E-state index contributed by atoms with van der Waals surface area (Å²) in [6.45, 7) is 0.844. The molecular weight excluding hydrogens is 308 g/mol. The molecule has 18 heavy (non-hydrogen) atoms. The van der Waals surface area contributed by atoms with E-state index in [1.807, 2.05) is 0 Å². The average Bonchev–Trinajstić information content (AvgIpc) is 2.34. The van der Waals surface area contributed by atoms with Crippen molar-refractivity contribution in [1.82, 2.24) is 4.90 Å². The van der Waals surface area contributed by atoms with E-state index < -0.39 is 11.6 Å². The molecule has 1 fully saturated rings. The Labute approximate surface area is 112 Å². The number of aliphatic hydroxyl groups is 1. The maximum absolute atomic E-state index is 13.1. The van der Waals surface area contributed by atoms with Gasteiger partial charge in [0.05, 0.1) is 11.7 Å². The monoisotopic (exact) mass is 319 g/mol. The highest BCUT2D eigenvalue weighted by Crippen LogP contribution is 2.23. The smallest absolute Gasteiger partial charge is 0.255 e. The Bertz CT molecular complexity index is 473. The van der Waals surface area contributed by atoms with Gasteiger partial charge in [-0.25, -0.2) is 8.78 Å². The number of likely N-dealkylation sites (tertiary alicyclic amines) is 1. The van der Waals surface area contributed by atoms with E-state index in [1.54, 1.807) is 0 Å². The molecule has 0 atom stereocenters. The molecule has 1 amide bonds. The van der Waals surface area contributed by atoms with E-state index in [2.05, 4.69) is 15.9 Å². The van der Waals surface area contributed by atoms with Gasteiger partial charge in [-0.1, -0.05) is 0 Å². The van der Waals surface area contributed by atoms with Crippen molar-refractivity contribution in [2.45, 2.75) is 18.9 Å². The van der Waals surface area contributed by atoms with E-state index in [0.717, 1.165) is 12.1 Å². The minimum absolute atomic E-state index is 0.102. The lowest BCUT2D eigenvalue weighted by molar-refractivity contribution is 0.0545. The normalized spacial score (nSPS) is 17.0. The summed E-state index contributed by atoms with van der Waals surface area (Å²) in [6, 6.07) is 1.84. The second-order valence-corrected chi connectivity index (χ2v) is 5.12. The van der Waals surface area contributed by atoms with Crippen LogP contribution in [0.1, 0.15) is 23.2 Å². The number of piperidine rings is 1. The van der Waals surface area contributed by atoms with Gasteiger partial charge in [-0.3, -0.25) is 4.79 Å². The van der Waals surface area contributed by atoms with Crippen LogP contribution in [0.3, 0.4) is 0 Å². The zero-order valence-corrected chi connectivity index (χ0v) is 11.1. The van der Waals surface area contributed by atoms with Crippen molar-refractivity contribution in [3.05, 3.63) is 33.8 Å². The van der Waals surface area contributed by atoms with E-state index >= 15 is 0 Å². The number of carbonyl (C=O) groups is 1. The van der Waals surface area contributed by atoms with Crippen molar-refractivity contribution < 1.29 is 18.7 Å². The Morgan fingerprint density at radius 1 is 1.28 bits per heavy atom. The van der Waals surface area contributed by atoms with Crippen molar-refractivity contribution in [2.24, 2.45) is 0 Å². The minimum Gasteiger partial charge on any atom is -0.393 e. The Morgan fingerprint density at radius 2 is 1.83 bits per heavy atom. The van der Waals surface area contributed by atoms with Crippen LogP contribution in [0.15, 0.2) is 16.6 Å². The van der Waals surface area contributed by atoms with Gasteiger partial charge >= 0.3 is 0 Å². The highest BCUT2D eigenvalue weighted by atomic mass is 79.9. The molecule has 98 valence electrons. The number of aliphatic hydroxyl groups excluding tert-OH is 1. The largest absolute Gasteiger partial charge is 0.393 e. The molecule has 1 aromatic rings. The Kier molecular flexibility index (Phi) is 3.97. The summed E-state index contributed by atoms with van der Waals surface area (Å²) in [5.74, 6) is -2.39. The molecule has 3 nitrogen and oxygen atoms in total. The average molecular weight is 320 g/mol. The third kappa shape index (κ3) is 2.70. The van der Waals surface area contributed by atoms with Gasteiger partial charge in [0.2, 0.25) is 0 Å². The van der Waals surface area contributed by atoms with E-state index in [4.69, 9.17) is 0 Å². The molecule has 1 aromatic carbocycles. The predicted molar refractivity (Wildman–Crippen MR) is 65.2 cm³/mol. The van der Waals surface area contributed by atoms with Crippen LogP contribution in [-0.2, 0) is 0 Å². The minimum atomic E-state index is -1.04. The van der Waals surface area contributed by atoms with Gasteiger partial charge in [-0.05, 0) is 40.9 Å². The molecular formula is C12H12BrF2NO2. The van der Waals surface area contributed by atoms with Crippen molar-refractivity contribution in [3.63, 3.8) is 0 Å². The zero-order chi connectivity index (χ0) is 13.3. The third-order valence-corrected chi connectivity index (χ3v) is 3.65. The number of carbonyl (C=O) groups excluding carboxylic acids is 1. The highest BCUT2D eigenvalue weighted by molar-refractivity contribution is 9.10. The van der Waals surface area contributed by atoms with Gasteiger partial charge in [-0.2, -0.15) is 0 Å². The third-order valence-electron chi connectivity index (χ3n) is 2.99. The van der Waals surface area contributed by atoms with Crippen LogP contribution in [0.4, 0.5) is 8.78 Å². The Balaban J connectivity index is 2.21. The van der Waals surface area contributed by atoms with E-state index in [9.17, 15) is 18.7 Å². The molecule has 1 heterocycles. The van der Waals surface area contributed by atoms with Crippen molar-refractivity contribution in [1.29, 1.82) is 0 Å². The van der Waals surface area contributed by atoms with Gasteiger partial charge in [0.1, 0.15) is 0 Å². The van der Waals surface area contributed by atoms with Crippen LogP contribution < -0.4 is 0 Å². The molecule has 0 radical (unpaired) electrons.